The topological polar surface area (TPSA) is 27.8 Å². The molecule has 0 aliphatic carbocycles. The highest BCUT2D eigenvalue weighted by atomic mass is 35.5. The molecule has 0 radical (unpaired) electrons. The monoisotopic (exact) mass is 220 g/mol. The summed E-state index contributed by atoms with van der Waals surface area (Å²) in [7, 11) is 0. The van der Waals surface area contributed by atoms with Crippen molar-refractivity contribution in [3.63, 3.8) is 0 Å². The number of hydrogen-bond acceptors (Lipinski definition) is 1. The van der Waals surface area contributed by atoms with Crippen molar-refractivity contribution in [1.29, 1.82) is 0 Å². The van der Waals surface area contributed by atoms with Crippen LogP contribution in [0.25, 0.3) is 10.9 Å². The molecule has 0 saturated carbocycles. The minimum Gasteiger partial charge on any atom is -0.358 e. The number of aromatic amines is 1. The molecule has 3 heteroatoms. The van der Waals surface area contributed by atoms with Crippen molar-refractivity contribution >= 4 is 22.5 Å². The molecule has 1 aliphatic heterocycles. The van der Waals surface area contributed by atoms with Gasteiger partial charge in [-0.3, -0.25) is 0 Å². The summed E-state index contributed by atoms with van der Waals surface area (Å²) >= 11 is 5.98. The van der Waals surface area contributed by atoms with Crippen LogP contribution in [0.1, 0.15) is 24.1 Å². The van der Waals surface area contributed by atoms with E-state index >= 15 is 0 Å². The van der Waals surface area contributed by atoms with Gasteiger partial charge in [-0.05, 0) is 17.7 Å². The molecular weight excluding hydrogens is 208 g/mol. The largest absolute Gasteiger partial charge is 0.358 e. The van der Waals surface area contributed by atoms with Crippen LogP contribution in [0.3, 0.4) is 0 Å². The maximum Gasteiger partial charge on any atom is 0.0474 e. The summed E-state index contributed by atoms with van der Waals surface area (Å²) < 4.78 is 0. The van der Waals surface area contributed by atoms with Gasteiger partial charge < -0.3 is 10.3 Å². The molecule has 15 heavy (non-hydrogen) atoms. The van der Waals surface area contributed by atoms with Gasteiger partial charge in [0.25, 0.3) is 0 Å². The van der Waals surface area contributed by atoms with Crippen molar-refractivity contribution in [2.75, 3.05) is 6.54 Å². The van der Waals surface area contributed by atoms with E-state index in [1.807, 2.05) is 12.1 Å². The Morgan fingerprint density at radius 2 is 2.27 bits per heavy atom. The third-order valence-electron chi connectivity index (χ3n) is 3.15. The van der Waals surface area contributed by atoms with E-state index in [2.05, 4.69) is 23.3 Å². The Hall–Kier alpha value is -0.990. The number of benzene rings is 1. The van der Waals surface area contributed by atoms with Crippen LogP contribution in [0.5, 0.6) is 0 Å². The molecule has 2 aromatic rings. The lowest BCUT2D eigenvalue weighted by Gasteiger charge is -2.19. The number of fused-ring (bicyclic) bond motifs is 3. The summed E-state index contributed by atoms with van der Waals surface area (Å²) in [5.74, 6) is 0.555. The lowest BCUT2D eigenvalue weighted by atomic mass is 9.98. The first-order valence-corrected chi connectivity index (χ1v) is 5.64. The van der Waals surface area contributed by atoms with Crippen molar-refractivity contribution in [2.45, 2.75) is 19.4 Å². The Bertz CT molecular complexity index is 516. The second kappa shape index (κ2) is 3.26. The number of hydrogen-bond donors (Lipinski definition) is 2. The van der Waals surface area contributed by atoms with E-state index < -0.39 is 0 Å². The standard InChI is InChI=1S/C12H13ClN2/c1-7-5-14-6-10-9-3-2-8(13)4-11(9)15-12(7)10/h2-4,7,14-15H,5-6H2,1H3. The van der Waals surface area contributed by atoms with E-state index in [0.717, 1.165) is 23.6 Å². The van der Waals surface area contributed by atoms with Crippen molar-refractivity contribution in [3.05, 3.63) is 34.5 Å². The summed E-state index contributed by atoms with van der Waals surface area (Å²) in [4.78, 5) is 3.48. The fourth-order valence-electron chi connectivity index (χ4n) is 2.38. The SMILES string of the molecule is CC1CNCc2c1[nH]c1cc(Cl)ccc21. The molecule has 0 saturated heterocycles. The van der Waals surface area contributed by atoms with Gasteiger partial charge in [0.2, 0.25) is 0 Å². The van der Waals surface area contributed by atoms with Gasteiger partial charge in [0.1, 0.15) is 0 Å². The first-order valence-electron chi connectivity index (χ1n) is 5.26. The van der Waals surface area contributed by atoms with Gasteiger partial charge in [-0.25, -0.2) is 0 Å². The first kappa shape index (κ1) is 9.25. The molecule has 1 atom stereocenters. The molecule has 0 fully saturated rings. The highest BCUT2D eigenvalue weighted by Crippen LogP contribution is 2.31. The van der Waals surface area contributed by atoms with Gasteiger partial charge >= 0.3 is 0 Å². The lowest BCUT2D eigenvalue weighted by Crippen LogP contribution is -2.26. The van der Waals surface area contributed by atoms with Crippen molar-refractivity contribution in [1.82, 2.24) is 10.3 Å². The third-order valence-corrected chi connectivity index (χ3v) is 3.38. The van der Waals surface area contributed by atoms with E-state index in [-0.39, 0.29) is 0 Å². The Morgan fingerprint density at radius 1 is 1.40 bits per heavy atom. The third kappa shape index (κ3) is 1.36. The molecule has 2 nitrogen and oxygen atoms in total. The van der Waals surface area contributed by atoms with Crippen LogP contribution in [0.15, 0.2) is 18.2 Å². The Labute approximate surface area is 93.6 Å². The fraction of sp³-hybridized carbons (Fsp3) is 0.333. The summed E-state index contributed by atoms with van der Waals surface area (Å²) in [6.45, 7) is 4.25. The minimum absolute atomic E-state index is 0.555. The van der Waals surface area contributed by atoms with Gasteiger partial charge in [-0.2, -0.15) is 0 Å². The summed E-state index contributed by atoms with van der Waals surface area (Å²) in [5, 5.41) is 5.52. The Balaban J connectivity index is 2.30. The summed E-state index contributed by atoms with van der Waals surface area (Å²) in [6.07, 6.45) is 0. The van der Waals surface area contributed by atoms with Gasteiger partial charge in [-0.15, -0.1) is 0 Å². The zero-order valence-electron chi connectivity index (χ0n) is 8.60. The predicted molar refractivity (Wildman–Crippen MR) is 63.4 cm³/mol. The van der Waals surface area contributed by atoms with Crippen LogP contribution in [0.2, 0.25) is 5.02 Å². The van der Waals surface area contributed by atoms with Crippen LogP contribution in [-0.2, 0) is 6.54 Å². The van der Waals surface area contributed by atoms with Crippen molar-refractivity contribution in [3.8, 4) is 0 Å². The molecule has 1 aromatic heterocycles. The maximum absolute atomic E-state index is 5.98. The van der Waals surface area contributed by atoms with Gasteiger partial charge in [-0.1, -0.05) is 24.6 Å². The number of aromatic nitrogens is 1. The normalized spacial score (nSPS) is 20.5. The molecule has 3 rings (SSSR count). The number of halogens is 1. The fourth-order valence-corrected chi connectivity index (χ4v) is 2.55. The molecule has 0 spiro atoms. The van der Waals surface area contributed by atoms with Crippen LogP contribution in [-0.4, -0.2) is 11.5 Å². The molecule has 0 bridgehead atoms. The quantitative estimate of drug-likeness (QED) is 0.702. The molecule has 2 heterocycles. The summed E-state index contributed by atoms with van der Waals surface area (Å²) in [5.41, 5.74) is 3.93. The van der Waals surface area contributed by atoms with Crippen molar-refractivity contribution < 1.29 is 0 Å². The average Bonchev–Trinajstić information content (AvgIpc) is 2.57. The van der Waals surface area contributed by atoms with Gasteiger partial charge in [0.15, 0.2) is 0 Å². The number of rotatable bonds is 0. The minimum atomic E-state index is 0.555. The number of H-pyrrole nitrogens is 1. The Morgan fingerprint density at radius 3 is 3.13 bits per heavy atom. The molecule has 1 aliphatic rings. The molecule has 1 aromatic carbocycles. The second-order valence-electron chi connectivity index (χ2n) is 4.24. The first-order chi connectivity index (χ1) is 7.25. The van der Waals surface area contributed by atoms with Crippen LogP contribution < -0.4 is 5.32 Å². The van der Waals surface area contributed by atoms with Crippen LogP contribution >= 0.6 is 11.6 Å². The van der Waals surface area contributed by atoms with E-state index in [0.29, 0.717) is 5.92 Å². The molecule has 2 N–H and O–H groups in total. The number of nitrogens with one attached hydrogen (secondary N) is 2. The second-order valence-corrected chi connectivity index (χ2v) is 4.68. The van der Waals surface area contributed by atoms with Gasteiger partial charge in [0.05, 0.1) is 0 Å². The lowest BCUT2D eigenvalue weighted by molar-refractivity contribution is 0.565. The van der Waals surface area contributed by atoms with E-state index in [4.69, 9.17) is 11.6 Å². The van der Waals surface area contributed by atoms with Crippen molar-refractivity contribution in [2.24, 2.45) is 0 Å². The smallest absolute Gasteiger partial charge is 0.0474 e. The van der Waals surface area contributed by atoms with Crippen LogP contribution in [0, 0.1) is 0 Å². The van der Waals surface area contributed by atoms with E-state index in [9.17, 15) is 0 Å². The predicted octanol–water partition coefficient (Wildman–Crippen LogP) is 3.03. The maximum atomic E-state index is 5.98. The molecule has 78 valence electrons. The highest BCUT2D eigenvalue weighted by Gasteiger charge is 2.20. The van der Waals surface area contributed by atoms with E-state index in [1.165, 1.54) is 16.6 Å². The molecular formula is C12H13ClN2. The Kier molecular flexibility index (Phi) is 2.01. The summed E-state index contributed by atoms with van der Waals surface area (Å²) in [6, 6.07) is 6.06. The van der Waals surface area contributed by atoms with Gasteiger partial charge in [0, 0.05) is 40.6 Å². The molecule has 1 unspecified atom stereocenters. The average molecular weight is 221 g/mol. The van der Waals surface area contributed by atoms with E-state index in [1.54, 1.807) is 0 Å². The van der Waals surface area contributed by atoms with Crippen LogP contribution in [0.4, 0.5) is 0 Å². The zero-order valence-corrected chi connectivity index (χ0v) is 9.36. The zero-order chi connectivity index (χ0) is 10.4. The highest BCUT2D eigenvalue weighted by molar-refractivity contribution is 6.31. The molecule has 0 amide bonds.